The maximum Gasteiger partial charge on any atom is 0.137 e. The van der Waals surface area contributed by atoms with Crippen LogP contribution >= 0.6 is 0 Å². The lowest BCUT2D eigenvalue weighted by atomic mass is 9.86. The molecule has 0 aliphatic carbocycles. The number of anilines is 1. The highest BCUT2D eigenvalue weighted by Gasteiger charge is 2.18. The first kappa shape index (κ1) is 19.4. The van der Waals surface area contributed by atoms with Crippen molar-refractivity contribution < 1.29 is 0 Å². The molecule has 4 heteroatoms. The minimum atomic E-state index is 0.148. The molecule has 0 radical (unpaired) electrons. The average molecular weight is 365 g/mol. The van der Waals surface area contributed by atoms with Gasteiger partial charge in [0.25, 0.3) is 0 Å². The normalized spacial score (nSPS) is 12.2. The molecule has 0 spiro atoms. The van der Waals surface area contributed by atoms with E-state index in [1.165, 1.54) is 24.1 Å². The Kier molecular flexibility index (Phi) is 5.56. The number of pyridine rings is 1. The standard InChI is InChI=1S/C23H32N4/c1-6-7-14-26(5)16-20-22(25-21-13-12-19(24)15-27(20)21)17-8-10-18(11-9-17)23(2,3)4/h8-13,15H,6-7,14,16,24H2,1-5H3. The number of nitrogens with zero attached hydrogens (tertiary/aromatic N) is 3. The summed E-state index contributed by atoms with van der Waals surface area (Å²) < 4.78 is 2.14. The largest absolute Gasteiger partial charge is 0.398 e. The number of imidazole rings is 1. The van der Waals surface area contributed by atoms with Crippen molar-refractivity contribution in [3.05, 3.63) is 53.9 Å². The van der Waals surface area contributed by atoms with E-state index in [1.807, 2.05) is 18.3 Å². The van der Waals surface area contributed by atoms with Crippen LogP contribution in [0.15, 0.2) is 42.6 Å². The van der Waals surface area contributed by atoms with Crippen molar-refractivity contribution in [3.8, 4) is 11.3 Å². The van der Waals surface area contributed by atoms with Gasteiger partial charge in [-0.3, -0.25) is 0 Å². The zero-order valence-electron chi connectivity index (χ0n) is 17.3. The van der Waals surface area contributed by atoms with Crippen LogP contribution in [-0.4, -0.2) is 27.9 Å². The summed E-state index contributed by atoms with van der Waals surface area (Å²) in [6.45, 7) is 10.9. The molecule has 4 nitrogen and oxygen atoms in total. The molecule has 0 atom stereocenters. The van der Waals surface area contributed by atoms with Crippen molar-refractivity contribution in [2.45, 2.75) is 52.5 Å². The third-order valence-corrected chi connectivity index (χ3v) is 5.08. The van der Waals surface area contributed by atoms with Gasteiger partial charge in [0, 0.05) is 24.0 Å². The Balaban J connectivity index is 2.04. The Labute approximate surface area is 163 Å². The van der Waals surface area contributed by atoms with E-state index < -0.39 is 0 Å². The third-order valence-electron chi connectivity index (χ3n) is 5.08. The molecule has 0 amide bonds. The van der Waals surface area contributed by atoms with Crippen LogP contribution in [-0.2, 0) is 12.0 Å². The van der Waals surface area contributed by atoms with E-state index in [0.717, 1.165) is 35.7 Å². The molecular weight excluding hydrogens is 332 g/mol. The van der Waals surface area contributed by atoms with Gasteiger partial charge in [0.15, 0.2) is 0 Å². The van der Waals surface area contributed by atoms with Gasteiger partial charge in [-0.25, -0.2) is 4.98 Å². The number of hydrogen-bond donors (Lipinski definition) is 1. The zero-order chi connectivity index (χ0) is 19.6. The van der Waals surface area contributed by atoms with E-state index in [1.54, 1.807) is 0 Å². The summed E-state index contributed by atoms with van der Waals surface area (Å²) >= 11 is 0. The number of hydrogen-bond acceptors (Lipinski definition) is 3. The van der Waals surface area contributed by atoms with Crippen molar-refractivity contribution in [2.75, 3.05) is 19.3 Å². The fourth-order valence-electron chi connectivity index (χ4n) is 3.38. The van der Waals surface area contributed by atoms with Gasteiger partial charge >= 0.3 is 0 Å². The Bertz CT molecular complexity index is 901. The zero-order valence-corrected chi connectivity index (χ0v) is 17.3. The maximum atomic E-state index is 6.06. The van der Waals surface area contributed by atoms with Gasteiger partial charge in [0.05, 0.1) is 11.4 Å². The van der Waals surface area contributed by atoms with Crippen LogP contribution in [0.4, 0.5) is 5.69 Å². The van der Waals surface area contributed by atoms with Crippen molar-refractivity contribution in [3.63, 3.8) is 0 Å². The summed E-state index contributed by atoms with van der Waals surface area (Å²) in [5.74, 6) is 0. The van der Waals surface area contributed by atoms with E-state index >= 15 is 0 Å². The first-order valence-corrected chi connectivity index (χ1v) is 9.85. The predicted molar refractivity (Wildman–Crippen MR) is 115 cm³/mol. The van der Waals surface area contributed by atoms with Crippen LogP contribution in [0, 0.1) is 0 Å². The molecule has 2 heterocycles. The summed E-state index contributed by atoms with van der Waals surface area (Å²) in [4.78, 5) is 7.29. The summed E-state index contributed by atoms with van der Waals surface area (Å²) in [5, 5.41) is 0. The second-order valence-corrected chi connectivity index (χ2v) is 8.52. The summed E-state index contributed by atoms with van der Waals surface area (Å²) in [6.07, 6.45) is 4.38. The van der Waals surface area contributed by atoms with E-state index in [9.17, 15) is 0 Å². The third kappa shape index (κ3) is 4.33. The first-order valence-electron chi connectivity index (χ1n) is 9.85. The van der Waals surface area contributed by atoms with E-state index in [-0.39, 0.29) is 5.41 Å². The molecule has 3 rings (SSSR count). The van der Waals surface area contributed by atoms with Crippen LogP contribution in [0.2, 0.25) is 0 Å². The molecule has 0 fully saturated rings. The van der Waals surface area contributed by atoms with Crippen LogP contribution in [0.3, 0.4) is 0 Å². The fraction of sp³-hybridized carbons (Fsp3) is 0.435. The lowest BCUT2D eigenvalue weighted by molar-refractivity contribution is 0.316. The van der Waals surface area contributed by atoms with Crippen LogP contribution < -0.4 is 5.73 Å². The Hall–Kier alpha value is -2.33. The highest BCUT2D eigenvalue weighted by molar-refractivity contribution is 5.68. The van der Waals surface area contributed by atoms with Crippen molar-refractivity contribution in [2.24, 2.45) is 0 Å². The Morgan fingerprint density at radius 3 is 2.41 bits per heavy atom. The quantitative estimate of drug-likeness (QED) is 0.661. The van der Waals surface area contributed by atoms with Gasteiger partial charge < -0.3 is 15.0 Å². The van der Waals surface area contributed by atoms with Gasteiger partial charge in [0.1, 0.15) is 5.65 Å². The summed E-state index contributed by atoms with van der Waals surface area (Å²) in [7, 11) is 2.17. The molecule has 0 saturated carbocycles. The van der Waals surface area contributed by atoms with E-state index in [4.69, 9.17) is 10.7 Å². The molecular formula is C23H32N4. The average Bonchev–Trinajstić information content (AvgIpc) is 2.97. The molecule has 1 aromatic carbocycles. The molecule has 0 unspecified atom stereocenters. The lowest BCUT2D eigenvalue weighted by Crippen LogP contribution is -2.20. The van der Waals surface area contributed by atoms with Crippen molar-refractivity contribution in [1.29, 1.82) is 0 Å². The predicted octanol–water partition coefficient (Wildman–Crippen LogP) is 5.11. The smallest absolute Gasteiger partial charge is 0.137 e. The number of nitrogen functional groups attached to an aromatic ring is 1. The molecule has 3 aromatic rings. The second kappa shape index (κ2) is 7.73. The first-order chi connectivity index (χ1) is 12.8. The molecule has 0 bridgehead atoms. The van der Waals surface area contributed by atoms with Gasteiger partial charge in [-0.2, -0.15) is 0 Å². The number of unbranched alkanes of at least 4 members (excludes halogenated alkanes) is 1. The SMILES string of the molecule is CCCCN(C)Cc1c(-c2ccc(C(C)(C)C)cc2)nc2ccc(N)cn12. The summed E-state index contributed by atoms with van der Waals surface area (Å²) in [5.41, 5.74) is 12.6. The van der Waals surface area contributed by atoms with E-state index in [2.05, 4.69) is 68.3 Å². The molecule has 2 aromatic heterocycles. The number of aromatic nitrogens is 2. The van der Waals surface area contributed by atoms with Gasteiger partial charge in [-0.15, -0.1) is 0 Å². The highest BCUT2D eigenvalue weighted by atomic mass is 15.1. The minimum absolute atomic E-state index is 0.148. The highest BCUT2D eigenvalue weighted by Crippen LogP contribution is 2.29. The second-order valence-electron chi connectivity index (χ2n) is 8.52. The molecule has 0 aliphatic rings. The van der Waals surface area contributed by atoms with Crippen LogP contribution in [0.25, 0.3) is 16.9 Å². The van der Waals surface area contributed by atoms with E-state index in [0.29, 0.717) is 0 Å². The number of fused-ring (bicyclic) bond motifs is 1. The Morgan fingerprint density at radius 2 is 1.78 bits per heavy atom. The molecule has 144 valence electrons. The van der Waals surface area contributed by atoms with Gasteiger partial charge in [-0.1, -0.05) is 58.4 Å². The lowest BCUT2D eigenvalue weighted by Gasteiger charge is -2.19. The van der Waals surface area contributed by atoms with Gasteiger partial charge in [-0.05, 0) is 43.1 Å². The minimum Gasteiger partial charge on any atom is -0.398 e. The van der Waals surface area contributed by atoms with Crippen molar-refractivity contribution >= 4 is 11.3 Å². The number of benzene rings is 1. The molecule has 0 aliphatic heterocycles. The summed E-state index contributed by atoms with van der Waals surface area (Å²) in [6, 6.07) is 12.7. The van der Waals surface area contributed by atoms with Crippen LogP contribution in [0.5, 0.6) is 0 Å². The Morgan fingerprint density at radius 1 is 1.07 bits per heavy atom. The number of rotatable bonds is 6. The van der Waals surface area contributed by atoms with Crippen LogP contribution in [0.1, 0.15) is 51.8 Å². The van der Waals surface area contributed by atoms with Gasteiger partial charge in [0.2, 0.25) is 0 Å². The number of nitrogens with two attached hydrogens (primary N) is 1. The topological polar surface area (TPSA) is 46.6 Å². The fourth-order valence-corrected chi connectivity index (χ4v) is 3.38. The maximum absolute atomic E-state index is 6.06. The molecule has 2 N–H and O–H groups in total. The van der Waals surface area contributed by atoms with Crippen molar-refractivity contribution in [1.82, 2.24) is 14.3 Å². The monoisotopic (exact) mass is 364 g/mol. The molecule has 0 saturated heterocycles. The molecule has 27 heavy (non-hydrogen) atoms.